The van der Waals surface area contributed by atoms with Crippen LogP contribution in [0, 0.1) is 6.92 Å². The molecule has 1 unspecified atom stereocenters. The van der Waals surface area contributed by atoms with E-state index in [1.807, 2.05) is 37.8 Å². The van der Waals surface area contributed by atoms with Crippen molar-refractivity contribution in [3.63, 3.8) is 0 Å². The van der Waals surface area contributed by atoms with Gasteiger partial charge in [0.25, 0.3) is 0 Å². The number of hydrogen-bond donors (Lipinski definition) is 0. The molecule has 1 aromatic rings. The van der Waals surface area contributed by atoms with Gasteiger partial charge < -0.3 is 9.64 Å². The van der Waals surface area contributed by atoms with Crippen LogP contribution in [0.3, 0.4) is 0 Å². The zero-order chi connectivity index (χ0) is 14.9. The third kappa shape index (κ3) is 3.35. The Morgan fingerprint density at radius 1 is 1.40 bits per heavy atom. The summed E-state index contributed by atoms with van der Waals surface area (Å²) in [5, 5.41) is 0. The molecule has 3 nitrogen and oxygen atoms in total. The summed E-state index contributed by atoms with van der Waals surface area (Å²) < 4.78 is 6.61. The third-order valence-corrected chi connectivity index (χ3v) is 4.41. The molecule has 1 saturated heterocycles. The normalized spacial score (nSPS) is 19.2. The minimum atomic E-state index is -0.448. The molecule has 2 rings (SSSR count). The van der Waals surface area contributed by atoms with Crippen molar-refractivity contribution in [1.29, 1.82) is 0 Å². The average molecular weight is 340 g/mol. The van der Waals surface area contributed by atoms with Crippen LogP contribution in [0.5, 0.6) is 0 Å². The Balaban J connectivity index is 2.23. The topological polar surface area (TPSA) is 29.5 Å². The molecule has 0 bridgehead atoms. The van der Waals surface area contributed by atoms with Gasteiger partial charge in [0.05, 0.1) is 6.04 Å². The van der Waals surface area contributed by atoms with E-state index in [4.69, 9.17) is 4.74 Å². The summed E-state index contributed by atoms with van der Waals surface area (Å²) in [4.78, 5) is 14.2. The van der Waals surface area contributed by atoms with Crippen LogP contribution in [0.15, 0.2) is 22.7 Å². The molecule has 20 heavy (non-hydrogen) atoms. The van der Waals surface area contributed by atoms with E-state index in [0.29, 0.717) is 0 Å². The molecule has 0 aliphatic carbocycles. The molecule has 1 atom stereocenters. The molecule has 4 heteroatoms. The Labute approximate surface area is 129 Å². The molecule has 110 valence electrons. The fourth-order valence-corrected chi connectivity index (χ4v) is 3.00. The largest absolute Gasteiger partial charge is 0.444 e. The number of likely N-dealkylation sites (tertiary alicyclic amines) is 1. The van der Waals surface area contributed by atoms with Gasteiger partial charge >= 0.3 is 6.09 Å². The number of carbonyl (C=O) groups excluding carboxylic acids is 1. The second-order valence-electron chi connectivity index (χ2n) is 6.29. The Hall–Kier alpha value is -1.03. The Morgan fingerprint density at radius 3 is 2.75 bits per heavy atom. The van der Waals surface area contributed by atoms with E-state index in [0.717, 1.165) is 23.9 Å². The molecule has 1 aliphatic heterocycles. The molecular weight excluding hydrogens is 318 g/mol. The molecule has 1 aliphatic rings. The highest BCUT2D eigenvalue weighted by Gasteiger charge is 2.33. The molecule has 0 aromatic heterocycles. The summed E-state index contributed by atoms with van der Waals surface area (Å²) in [5.41, 5.74) is 1.96. The first-order valence-electron chi connectivity index (χ1n) is 7.04. The predicted octanol–water partition coefficient (Wildman–Crippen LogP) is 4.83. The Kier molecular flexibility index (Phi) is 4.43. The van der Waals surface area contributed by atoms with Gasteiger partial charge in [-0.15, -0.1) is 0 Å². The van der Waals surface area contributed by atoms with Crippen LogP contribution in [0.2, 0.25) is 0 Å². The van der Waals surface area contributed by atoms with Crippen molar-refractivity contribution in [1.82, 2.24) is 4.90 Å². The molecule has 0 saturated carbocycles. The number of rotatable bonds is 1. The monoisotopic (exact) mass is 339 g/mol. The van der Waals surface area contributed by atoms with E-state index in [9.17, 15) is 4.79 Å². The quantitative estimate of drug-likeness (QED) is 0.733. The zero-order valence-corrected chi connectivity index (χ0v) is 14.2. The average Bonchev–Trinajstić information content (AvgIpc) is 2.79. The van der Waals surface area contributed by atoms with Gasteiger partial charge in [-0.2, -0.15) is 0 Å². The predicted molar refractivity (Wildman–Crippen MR) is 83.8 cm³/mol. The van der Waals surface area contributed by atoms with Gasteiger partial charge in [-0.1, -0.05) is 28.1 Å². The van der Waals surface area contributed by atoms with Gasteiger partial charge in [-0.3, -0.25) is 0 Å². The van der Waals surface area contributed by atoms with Gasteiger partial charge in [0.2, 0.25) is 0 Å². The molecule has 1 fully saturated rings. The molecule has 0 radical (unpaired) electrons. The van der Waals surface area contributed by atoms with Crippen LogP contribution < -0.4 is 0 Å². The van der Waals surface area contributed by atoms with Crippen molar-refractivity contribution in [2.45, 2.75) is 52.2 Å². The number of hydrogen-bond acceptors (Lipinski definition) is 2. The van der Waals surface area contributed by atoms with Crippen LogP contribution in [-0.4, -0.2) is 23.1 Å². The van der Waals surface area contributed by atoms with E-state index in [1.54, 1.807) is 0 Å². The second kappa shape index (κ2) is 5.76. The molecule has 0 spiro atoms. The van der Waals surface area contributed by atoms with E-state index in [-0.39, 0.29) is 12.1 Å². The lowest BCUT2D eigenvalue weighted by Gasteiger charge is -2.29. The fourth-order valence-electron chi connectivity index (χ4n) is 2.61. The summed E-state index contributed by atoms with van der Waals surface area (Å²) in [7, 11) is 0. The smallest absolute Gasteiger partial charge is 0.410 e. The minimum absolute atomic E-state index is 0.127. The highest BCUT2D eigenvalue weighted by atomic mass is 79.9. The van der Waals surface area contributed by atoms with Gasteiger partial charge in [0.15, 0.2) is 0 Å². The van der Waals surface area contributed by atoms with Gasteiger partial charge in [-0.05, 0) is 57.7 Å². The van der Waals surface area contributed by atoms with E-state index < -0.39 is 5.60 Å². The Bertz CT molecular complexity index is 508. The minimum Gasteiger partial charge on any atom is -0.444 e. The number of amides is 1. The van der Waals surface area contributed by atoms with Crippen molar-refractivity contribution in [3.05, 3.63) is 33.8 Å². The van der Waals surface area contributed by atoms with E-state index in [1.165, 1.54) is 11.1 Å². The number of benzene rings is 1. The van der Waals surface area contributed by atoms with Crippen LogP contribution >= 0.6 is 15.9 Å². The SMILES string of the molecule is Cc1c(Br)cccc1C1CCCN1C(=O)OC(C)(C)C. The van der Waals surface area contributed by atoms with E-state index in [2.05, 4.69) is 28.9 Å². The first kappa shape index (κ1) is 15.4. The van der Waals surface area contributed by atoms with Crippen LogP contribution in [0.25, 0.3) is 0 Å². The van der Waals surface area contributed by atoms with Crippen LogP contribution in [0.4, 0.5) is 4.79 Å². The van der Waals surface area contributed by atoms with Gasteiger partial charge in [0, 0.05) is 11.0 Å². The molecular formula is C16H22BrNO2. The van der Waals surface area contributed by atoms with E-state index >= 15 is 0 Å². The maximum Gasteiger partial charge on any atom is 0.410 e. The van der Waals surface area contributed by atoms with Crippen LogP contribution in [0.1, 0.15) is 50.8 Å². The lowest BCUT2D eigenvalue weighted by atomic mass is 9.99. The standard InChI is InChI=1S/C16H22BrNO2/c1-11-12(7-5-8-13(11)17)14-9-6-10-18(14)15(19)20-16(2,3)4/h5,7-8,14H,6,9-10H2,1-4H3. The second-order valence-corrected chi connectivity index (χ2v) is 7.14. The highest BCUT2D eigenvalue weighted by Crippen LogP contribution is 2.36. The highest BCUT2D eigenvalue weighted by molar-refractivity contribution is 9.10. The van der Waals surface area contributed by atoms with Crippen molar-refractivity contribution >= 4 is 22.0 Å². The van der Waals surface area contributed by atoms with Crippen molar-refractivity contribution in [3.8, 4) is 0 Å². The van der Waals surface area contributed by atoms with Crippen molar-refractivity contribution in [2.24, 2.45) is 0 Å². The maximum absolute atomic E-state index is 12.3. The van der Waals surface area contributed by atoms with Gasteiger partial charge in [0.1, 0.15) is 5.60 Å². The molecule has 0 N–H and O–H groups in total. The van der Waals surface area contributed by atoms with Crippen molar-refractivity contribution in [2.75, 3.05) is 6.54 Å². The zero-order valence-electron chi connectivity index (χ0n) is 12.6. The first-order chi connectivity index (χ1) is 9.29. The fraction of sp³-hybridized carbons (Fsp3) is 0.562. The first-order valence-corrected chi connectivity index (χ1v) is 7.83. The number of ether oxygens (including phenoxy) is 1. The van der Waals surface area contributed by atoms with Crippen molar-refractivity contribution < 1.29 is 9.53 Å². The summed E-state index contributed by atoms with van der Waals surface area (Å²) in [6.07, 6.45) is 1.81. The third-order valence-electron chi connectivity index (χ3n) is 3.55. The number of halogens is 1. The maximum atomic E-state index is 12.3. The lowest BCUT2D eigenvalue weighted by molar-refractivity contribution is 0.0224. The lowest BCUT2D eigenvalue weighted by Crippen LogP contribution is -2.36. The summed E-state index contributed by atoms with van der Waals surface area (Å²) in [6.45, 7) is 8.57. The molecule has 1 amide bonds. The molecule has 1 aromatic carbocycles. The van der Waals surface area contributed by atoms with Crippen LogP contribution in [-0.2, 0) is 4.74 Å². The summed E-state index contributed by atoms with van der Waals surface area (Å²) in [6, 6.07) is 6.29. The summed E-state index contributed by atoms with van der Waals surface area (Å²) in [5.74, 6) is 0. The number of carbonyl (C=O) groups is 1. The summed E-state index contributed by atoms with van der Waals surface area (Å²) >= 11 is 3.56. The number of nitrogens with zero attached hydrogens (tertiary/aromatic N) is 1. The molecule has 1 heterocycles. The van der Waals surface area contributed by atoms with Gasteiger partial charge in [-0.25, -0.2) is 4.79 Å². The Morgan fingerprint density at radius 2 is 2.10 bits per heavy atom.